The third-order valence-electron chi connectivity index (χ3n) is 5.83. The number of imide groups is 2. The number of amides is 4. The van der Waals surface area contributed by atoms with Gasteiger partial charge in [0.15, 0.2) is 0 Å². The Bertz CT molecular complexity index is 1320. The summed E-state index contributed by atoms with van der Waals surface area (Å²) in [6.07, 6.45) is -21.4. The molecule has 0 fully saturated rings. The fourth-order valence-corrected chi connectivity index (χ4v) is 3.82. The number of halogens is 12. The third-order valence-corrected chi connectivity index (χ3v) is 5.83. The molecule has 0 radical (unpaired) electrons. The highest BCUT2D eigenvalue weighted by Gasteiger charge is 2.42. The Morgan fingerprint density at radius 1 is 0.452 bits per heavy atom. The second-order valence-electron chi connectivity index (χ2n) is 8.77. The fourth-order valence-electron chi connectivity index (χ4n) is 3.82. The summed E-state index contributed by atoms with van der Waals surface area (Å²) in [6.45, 7) is -1.84. The predicted octanol–water partition coefficient (Wildman–Crippen LogP) is 6.51. The molecule has 0 saturated heterocycles. The van der Waals surface area contributed by atoms with E-state index in [2.05, 4.69) is 0 Å². The molecule has 0 spiro atoms. The van der Waals surface area contributed by atoms with E-state index in [1.807, 2.05) is 0 Å². The van der Waals surface area contributed by atoms with E-state index in [1.165, 1.54) is 0 Å². The van der Waals surface area contributed by atoms with Gasteiger partial charge < -0.3 is 0 Å². The zero-order valence-electron chi connectivity index (χ0n) is 20.4. The van der Waals surface area contributed by atoms with Gasteiger partial charge in [0.2, 0.25) is 0 Å². The predicted molar refractivity (Wildman–Crippen MR) is 115 cm³/mol. The van der Waals surface area contributed by atoms with Crippen molar-refractivity contribution < 1.29 is 71.9 Å². The summed E-state index contributed by atoms with van der Waals surface area (Å²) >= 11 is 0. The minimum Gasteiger partial charge on any atom is -0.274 e. The molecule has 2 aliphatic heterocycles. The molecule has 0 saturated carbocycles. The van der Waals surface area contributed by atoms with Crippen LogP contribution >= 0.6 is 0 Å². The average molecular weight is 622 g/mol. The smallest absolute Gasteiger partial charge is 0.274 e. The highest BCUT2D eigenvalue weighted by Crippen LogP contribution is 2.35. The summed E-state index contributed by atoms with van der Waals surface area (Å²) in [7, 11) is 0. The van der Waals surface area contributed by atoms with E-state index in [9.17, 15) is 71.9 Å². The fraction of sp³-hybridized carbons (Fsp3) is 0.333. The Morgan fingerprint density at radius 3 is 1.00 bits per heavy atom. The molecule has 0 aromatic heterocycles. The first-order valence-electron chi connectivity index (χ1n) is 11.3. The van der Waals surface area contributed by atoms with E-state index in [1.54, 1.807) is 0 Å². The Balaban J connectivity index is 0.000000230. The molecule has 0 bridgehead atoms. The van der Waals surface area contributed by atoms with Crippen LogP contribution < -0.4 is 0 Å². The molecule has 0 N–H and O–H groups in total. The van der Waals surface area contributed by atoms with Gasteiger partial charge in [0.25, 0.3) is 23.6 Å². The van der Waals surface area contributed by atoms with Crippen LogP contribution in [-0.4, -0.2) is 58.9 Å². The van der Waals surface area contributed by atoms with E-state index in [0.717, 1.165) is 12.1 Å². The summed E-state index contributed by atoms with van der Waals surface area (Å²) in [4.78, 5) is 47.6. The molecule has 0 atom stereocenters. The zero-order chi connectivity index (χ0) is 32.0. The quantitative estimate of drug-likeness (QED) is 0.288. The van der Waals surface area contributed by atoms with Crippen molar-refractivity contribution in [2.75, 3.05) is 13.1 Å². The van der Waals surface area contributed by atoms with Crippen molar-refractivity contribution in [3.05, 3.63) is 69.8 Å². The molecule has 0 aliphatic carbocycles. The molecule has 18 heteroatoms. The summed E-state index contributed by atoms with van der Waals surface area (Å²) in [5, 5.41) is 0. The van der Waals surface area contributed by atoms with Crippen LogP contribution in [0.4, 0.5) is 52.7 Å². The molecule has 42 heavy (non-hydrogen) atoms. The van der Waals surface area contributed by atoms with Crippen molar-refractivity contribution in [1.29, 1.82) is 0 Å². The van der Waals surface area contributed by atoms with Crippen LogP contribution in [0.15, 0.2) is 36.4 Å². The van der Waals surface area contributed by atoms with Gasteiger partial charge in [-0.2, -0.15) is 52.7 Å². The highest BCUT2D eigenvalue weighted by atomic mass is 19.4. The van der Waals surface area contributed by atoms with Crippen molar-refractivity contribution in [3.63, 3.8) is 0 Å². The van der Waals surface area contributed by atoms with Crippen molar-refractivity contribution >= 4 is 23.6 Å². The molecule has 4 amide bonds. The monoisotopic (exact) mass is 622 g/mol. The van der Waals surface area contributed by atoms with E-state index in [4.69, 9.17) is 0 Å². The Labute approximate surface area is 226 Å². The largest absolute Gasteiger partial charge is 0.416 e. The van der Waals surface area contributed by atoms with Gasteiger partial charge in [0.1, 0.15) is 0 Å². The number of benzene rings is 2. The first-order valence-corrected chi connectivity index (χ1v) is 11.3. The van der Waals surface area contributed by atoms with E-state index < -0.39 is 96.5 Å². The van der Waals surface area contributed by atoms with Crippen LogP contribution in [0.2, 0.25) is 0 Å². The summed E-state index contributed by atoms with van der Waals surface area (Å²) in [5.74, 6) is -4.34. The maximum absolute atomic E-state index is 12.5. The summed E-state index contributed by atoms with van der Waals surface area (Å²) < 4.78 is 148. The molecular weight excluding hydrogens is 608 g/mol. The van der Waals surface area contributed by atoms with Gasteiger partial charge in [-0.3, -0.25) is 29.0 Å². The average Bonchev–Trinajstić information content (AvgIpc) is 3.23. The Morgan fingerprint density at radius 2 is 0.738 bits per heavy atom. The highest BCUT2D eigenvalue weighted by molar-refractivity contribution is 6.22. The summed E-state index contributed by atoms with van der Waals surface area (Å²) in [6, 6.07) is 3.76. The molecule has 228 valence electrons. The second-order valence-corrected chi connectivity index (χ2v) is 8.77. The van der Waals surface area contributed by atoms with Crippen molar-refractivity contribution in [1.82, 2.24) is 9.80 Å². The Kier molecular flexibility index (Phi) is 8.44. The lowest BCUT2D eigenvalue weighted by Gasteiger charge is -2.14. The van der Waals surface area contributed by atoms with Crippen LogP contribution in [0.3, 0.4) is 0 Å². The number of alkyl halides is 12. The lowest BCUT2D eigenvalue weighted by atomic mass is 10.1. The molecule has 6 nitrogen and oxygen atoms in total. The number of nitrogens with zero attached hydrogens (tertiary/aromatic N) is 2. The van der Waals surface area contributed by atoms with E-state index in [-0.39, 0.29) is 11.1 Å². The van der Waals surface area contributed by atoms with Gasteiger partial charge in [-0.25, -0.2) is 0 Å². The zero-order valence-corrected chi connectivity index (χ0v) is 20.4. The molecule has 2 aromatic rings. The SMILES string of the molecule is O=C1c2ccc(C(F)(F)F)cc2C(=O)N1CCC(F)(F)F.O=C1c2ccc(C(F)(F)F)cc2C(=O)N1CCC(F)(F)F. The van der Waals surface area contributed by atoms with Crippen LogP contribution in [0.1, 0.15) is 65.4 Å². The molecule has 2 aliphatic rings. The molecule has 2 aromatic carbocycles. The van der Waals surface area contributed by atoms with E-state index >= 15 is 0 Å². The van der Waals surface area contributed by atoms with Crippen molar-refractivity contribution in [2.24, 2.45) is 0 Å². The molecule has 0 unspecified atom stereocenters. The van der Waals surface area contributed by atoms with Gasteiger partial charge in [0.05, 0.1) is 46.2 Å². The molecular formula is C24H14F12N2O4. The lowest BCUT2D eigenvalue weighted by molar-refractivity contribution is -0.138. The van der Waals surface area contributed by atoms with Crippen LogP contribution in [0.5, 0.6) is 0 Å². The number of carbonyl (C=O) groups is 4. The number of hydrogen-bond acceptors (Lipinski definition) is 4. The number of rotatable bonds is 4. The van der Waals surface area contributed by atoms with Gasteiger partial charge in [0, 0.05) is 13.1 Å². The first kappa shape index (κ1) is 32.4. The third kappa shape index (κ3) is 7.20. The van der Waals surface area contributed by atoms with E-state index in [0.29, 0.717) is 34.1 Å². The number of carbonyl (C=O) groups excluding carboxylic acids is 4. The first-order chi connectivity index (χ1) is 19.0. The standard InChI is InChI=1S/2C12H7F6NO2/c2*13-11(14,15)3-4-19-9(20)7-2-1-6(12(16,17)18)5-8(7)10(19)21/h2*1-2,5H,3-4H2. The lowest BCUT2D eigenvalue weighted by Crippen LogP contribution is -2.33. The topological polar surface area (TPSA) is 74.8 Å². The van der Waals surface area contributed by atoms with Crippen molar-refractivity contribution in [2.45, 2.75) is 37.5 Å². The van der Waals surface area contributed by atoms with Crippen molar-refractivity contribution in [3.8, 4) is 0 Å². The van der Waals surface area contributed by atoms with Crippen LogP contribution in [0.25, 0.3) is 0 Å². The minimum atomic E-state index is -4.71. The van der Waals surface area contributed by atoms with Gasteiger partial charge in [-0.1, -0.05) is 0 Å². The Hall–Kier alpha value is -4.12. The summed E-state index contributed by atoms with van der Waals surface area (Å²) in [5.41, 5.74) is -3.99. The second kappa shape index (κ2) is 10.9. The normalized spacial score (nSPS) is 15.6. The number of hydrogen-bond donors (Lipinski definition) is 0. The van der Waals surface area contributed by atoms with Crippen LogP contribution in [0, 0.1) is 0 Å². The van der Waals surface area contributed by atoms with Gasteiger partial charge in [-0.05, 0) is 36.4 Å². The molecule has 4 rings (SSSR count). The van der Waals surface area contributed by atoms with Gasteiger partial charge >= 0.3 is 24.7 Å². The minimum absolute atomic E-state index is 0.304. The van der Waals surface area contributed by atoms with Crippen LogP contribution in [-0.2, 0) is 12.4 Å². The number of fused-ring (bicyclic) bond motifs is 2. The maximum atomic E-state index is 12.5. The maximum Gasteiger partial charge on any atom is 0.416 e. The molecule has 2 heterocycles. The van der Waals surface area contributed by atoms with Gasteiger partial charge in [-0.15, -0.1) is 0 Å².